The van der Waals surface area contributed by atoms with Crippen molar-refractivity contribution in [3.05, 3.63) is 29.6 Å². The van der Waals surface area contributed by atoms with E-state index >= 15 is 0 Å². The summed E-state index contributed by atoms with van der Waals surface area (Å²) in [5.74, 6) is -2.87. The van der Waals surface area contributed by atoms with Gasteiger partial charge in [-0.2, -0.15) is 0 Å². The molecule has 114 valence electrons. The summed E-state index contributed by atoms with van der Waals surface area (Å²) in [7, 11) is 0. The van der Waals surface area contributed by atoms with E-state index in [1.54, 1.807) is 19.1 Å². The van der Waals surface area contributed by atoms with Crippen LogP contribution in [0.3, 0.4) is 0 Å². The molecule has 0 heterocycles. The van der Waals surface area contributed by atoms with E-state index in [1.807, 2.05) is 6.92 Å². The molecule has 0 spiro atoms. The van der Waals surface area contributed by atoms with Gasteiger partial charge in [-0.25, -0.2) is 4.39 Å². The molecule has 3 atom stereocenters. The number of carbonyl (C=O) groups excluding carboxylic acids is 1. The minimum atomic E-state index is -0.948. The second kappa shape index (κ2) is 6.24. The number of hydrogen-bond acceptors (Lipinski definition) is 2. The summed E-state index contributed by atoms with van der Waals surface area (Å²) in [4.78, 5) is 23.7. The maximum absolute atomic E-state index is 13.8. The summed E-state index contributed by atoms with van der Waals surface area (Å²) >= 11 is 0. The van der Waals surface area contributed by atoms with E-state index in [0.29, 0.717) is 18.4 Å². The van der Waals surface area contributed by atoms with E-state index in [0.717, 1.165) is 6.42 Å². The lowest BCUT2D eigenvalue weighted by molar-refractivity contribution is -0.145. The van der Waals surface area contributed by atoms with Crippen molar-refractivity contribution in [1.82, 2.24) is 0 Å². The fourth-order valence-electron chi connectivity index (χ4n) is 3.05. The van der Waals surface area contributed by atoms with Crippen LogP contribution in [-0.2, 0) is 9.59 Å². The normalized spacial score (nSPS) is 24.8. The Morgan fingerprint density at radius 2 is 2.00 bits per heavy atom. The first-order chi connectivity index (χ1) is 9.93. The van der Waals surface area contributed by atoms with Gasteiger partial charge in [-0.05, 0) is 37.3 Å². The van der Waals surface area contributed by atoms with Crippen LogP contribution in [0, 0.1) is 30.5 Å². The Kier molecular flexibility index (Phi) is 4.60. The number of aliphatic carboxylic acids is 1. The van der Waals surface area contributed by atoms with Crippen LogP contribution in [0.5, 0.6) is 0 Å². The average Bonchev–Trinajstić information content (AvgIpc) is 2.87. The fraction of sp³-hybridized carbons (Fsp3) is 0.500. The maximum Gasteiger partial charge on any atom is 0.307 e. The largest absolute Gasteiger partial charge is 0.481 e. The fourth-order valence-corrected chi connectivity index (χ4v) is 3.05. The highest BCUT2D eigenvalue weighted by Crippen LogP contribution is 2.39. The van der Waals surface area contributed by atoms with E-state index in [4.69, 9.17) is 0 Å². The number of carboxylic acids is 1. The molecule has 1 aromatic rings. The van der Waals surface area contributed by atoms with Gasteiger partial charge in [0, 0.05) is 0 Å². The number of benzene rings is 1. The Balaban J connectivity index is 2.17. The van der Waals surface area contributed by atoms with Crippen molar-refractivity contribution in [2.75, 3.05) is 5.32 Å². The SMILES string of the molecule is CCC1C[C@H](C(=O)Nc2c(C)cccc2F)[C@H](C(=O)O)C1. The quantitative estimate of drug-likeness (QED) is 0.895. The van der Waals surface area contributed by atoms with E-state index in [2.05, 4.69) is 5.32 Å². The van der Waals surface area contributed by atoms with Crippen LogP contribution in [0.25, 0.3) is 0 Å². The van der Waals surface area contributed by atoms with Gasteiger partial charge in [0.2, 0.25) is 5.91 Å². The van der Waals surface area contributed by atoms with E-state index in [9.17, 15) is 19.1 Å². The van der Waals surface area contributed by atoms with Gasteiger partial charge in [0.1, 0.15) is 5.82 Å². The molecular weight excluding hydrogens is 273 g/mol. The second-order valence-electron chi connectivity index (χ2n) is 5.72. The predicted octanol–water partition coefficient (Wildman–Crippen LogP) is 3.21. The highest BCUT2D eigenvalue weighted by Gasteiger charge is 2.42. The van der Waals surface area contributed by atoms with Gasteiger partial charge in [-0.3, -0.25) is 9.59 Å². The van der Waals surface area contributed by atoms with Crippen molar-refractivity contribution in [2.24, 2.45) is 17.8 Å². The van der Waals surface area contributed by atoms with Gasteiger partial charge in [-0.15, -0.1) is 0 Å². The number of carbonyl (C=O) groups is 2. The number of amides is 1. The van der Waals surface area contributed by atoms with E-state index < -0.39 is 29.5 Å². The molecule has 1 saturated carbocycles. The van der Waals surface area contributed by atoms with Gasteiger partial charge < -0.3 is 10.4 Å². The monoisotopic (exact) mass is 293 g/mol. The predicted molar refractivity (Wildman–Crippen MR) is 77.4 cm³/mol. The Morgan fingerprint density at radius 1 is 1.33 bits per heavy atom. The van der Waals surface area contributed by atoms with Crippen LogP contribution in [0.2, 0.25) is 0 Å². The standard InChI is InChI=1S/C16H20FNO3/c1-3-10-7-11(12(8-10)16(20)21)15(19)18-14-9(2)5-4-6-13(14)17/h4-6,10-12H,3,7-8H2,1-2H3,(H,18,19)(H,20,21)/t10?,11-,12+/m0/s1. The minimum Gasteiger partial charge on any atom is -0.481 e. The molecule has 0 saturated heterocycles. The molecule has 4 nitrogen and oxygen atoms in total. The number of halogens is 1. The summed E-state index contributed by atoms with van der Waals surface area (Å²) in [5, 5.41) is 11.8. The molecule has 1 aliphatic carbocycles. The molecule has 21 heavy (non-hydrogen) atoms. The molecule has 5 heteroatoms. The number of aryl methyl sites for hydroxylation is 1. The van der Waals surface area contributed by atoms with Crippen LogP contribution in [0.4, 0.5) is 10.1 Å². The number of rotatable bonds is 4. The average molecular weight is 293 g/mol. The lowest BCUT2D eigenvalue weighted by Crippen LogP contribution is -2.30. The Morgan fingerprint density at radius 3 is 2.57 bits per heavy atom. The third-order valence-electron chi connectivity index (χ3n) is 4.36. The van der Waals surface area contributed by atoms with Gasteiger partial charge in [-0.1, -0.05) is 25.5 Å². The zero-order valence-corrected chi connectivity index (χ0v) is 12.2. The summed E-state index contributed by atoms with van der Waals surface area (Å²) in [5.41, 5.74) is 0.770. The van der Waals surface area contributed by atoms with Crippen molar-refractivity contribution in [2.45, 2.75) is 33.1 Å². The molecule has 0 aliphatic heterocycles. The van der Waals surface area contributed by atoms with E-state index in [1.165, 1.54) is 6.07 Å². The van der Waals surface area contributed by atoms with Crippen LogP contribution in [0.1, 0.15) is 31.7 Å². The first kappa shape index (κ1) is 15.5. The third kappa shape index (κ3) is 3.23. The number of anilines is 1. The summed E-state index contributed by atoms with van der Waals surface area (Å²) < 4.78 is 13.8. The molecule has 2 N–H and O–H groups in total. The summed E-state index contributed by atoms with van der Waals surface area (Å²) in [6.07, 6.45) is 1.92. The number of para-hydroxylation sites is 1. The lowest BCUT2D eigenvalue weighted by Gasteiger charge is -2.17. The summed E-state index contributed by atoms with van der Waals surface area (Å²) in [6, 6.07) is 4.56. The first-order valence-electron chi connectivity index (χ1n) is 7.22. The molecular formula is C16H20FNO3. The molecule has 0 radical (unpaired) electrons. The molecule has 0 bridgehead atoms. The topological polar surface area (TPSA) is 66.4 Å². The number of carboxylic acid groups (broad SMARTS) is 1. The van der Waals surface area contributed by atoms with Gasteiger partial charge in [0.05, 0.1) is 17.5 Å². The van der Waals surface area contributed by atoms with Gasteiger partial charge in [0.25, 0.3) is 0 Å². The molecule has 1 unspecified atom stereocenters. The molecule has 1 amide bonds. The number of hydrogen-bond donors (Lipinski definition) is 2. The molecule has 0 aromatic heterocycles. The second-order valence-corrected chi connectivity index (χ2v) is 5.72. The highest BCUT2D eigenvalue weighted by atomic mass is 19.1. The van der Waals surface area contributed by atoms with Gasteiger partial charge >= 0.3 is 5.97 Å². The van der Waals surface area contributed by atoms with Gasteiger partial charge in [0.15, 0.2) is 0 Å². The highest BCUT2D eigenvalue weighted by molar-refractivity contribution is 5.96. The zero-order valence-electron chi connectivity index (χ0n) is 12.2. The Bertz CT molecular complexity index is 538. The first-order valence-corrected chi connectivity index (χ1v) is 7.22. The Labute approximate surface area is 123 Å². The van der Waals surface area contributed by atoms with Crippen molar-refractivity contribution in [3.63, 3.8) is 0 Å². The van der Waals surface area contributed by atoms with Crippen LogP contribution in [-0.4, -0.2) is 17.0 Å². The van der Waals surface area contributed by atoms with E-state index in [-0.39, 0.29) is 11.6 Å². The van der Waals surface area contributed by atoms with Crippen LogP contribution >= 0.6 is 0 Å². The van der Waals surface area contributed by atoms with Crippen LogP contribution in [0.15, 0.2) is 18.2 Å². The smallest absolute Gasteiger partial charge is 0.307 e. The van der Waals surface area contributed by atoms with Crippen molar-refractivity contribution < 1.29 is 19.1 Å². The lowest BCUT2D eigenvalue weighted by atomic mass is 9.95. The molecule has 2 rings (SSSR count). The molecule has 1 fully saturated rings. The zero-order chi connectivity index (χ0) is 15.6. The summed E-state index contributed by atoms with van der Waals surface area (Å²) in [6.45, 7) is 3.70. The van der Waals surface area contributed by atoms with Crippen molar-refractivity contribution in [3.8, 4) is 0 Å². The minimum absolute atomic E-state index is 0.145. The molecule has 1 aromatic carbocycles. The Hall–Kier alpha value is -1.91. The van der Waals surface area contributed by atoms with Crippen molar-refractivity contribution >= 4 is 17.6 Å². The number of nitrogens with one attached hydrogen (secondary N) is 1. The maximum atomic E-state index is 13.8. The van der Waals surface area contributed by atoms with Crippen molar-refractivity contribution in [1.29, 1.82) is 0 Å². The molecule has 1 aliphatic rings. The third-order valence-corrected chi connectivity index (χ3v) is 4.36. The van der Waals surface area contributed by atoms with Crippen LogP contribution < -0.4 is 5.32 Å².